The van der Waals surface area contributed by atoms with E-state index >= 15 is 0 Å². The van der Waals surface area contributed by atoms with E-state index in [1.165, 1.54) is 13.3 Å². The van der Waals surface area contributed by atoms with Gasteiger partial charge in [0.2, 0.25) is 0 Å². The van der Waals surface area contributed by atoms with Crippen LogP contribution in [0.1, 0.15) is 11.4 Å². The van der Waals surface area contributed by atoms with Crippen molar-refractivity contribution >= 4 is 12.0 Å². The van der Waals surface area contributed by atoms with Crippen molar-refractivity contribution in [1.29, 1.82) is 0 Å². The van der Waals surface area contributed by atoms with Gasteiger partial charge in [0.05, 0.1) is 19.0 Å². The number of hydrogen-bond acceptors (Lipinski definition) is 6. The van der Waals surface area contributed by atoms with Gasteiger partial charge in [-0.1, -0.05) is 36.4 Å². The fourth-order valence-electron chi connectivity index (χ4n) is 2.36. The van der Waals surface area contributed by atoms with Crippen molar-refractivity contribution in [2.24, 2.45) is 5.10 Å². The van der Waals surface area contributed by atoms with Crippen molar-refractivity contribution in [3.63, 3.8) is 0 Å². The first kappa shape index (κ1) is 16.4. The average molecular weight is 334 g/mol. The van der Waals surface area contributed by atoms with Crippen LogP contribution in [0.4, 0.5) is 5.82 Å². The van der Waals surface area contributed by atoms with Crippen LogP contribution in [0.2, 0.25) is 0 Å². The average Bonchev–Trinajstić information content (AvgIpc) is 2.63. The molecule has 3 aromatic rings. The van der Waals surface area contributed by atoms with Crippen LogP contribution in [0.25, 0.3) is 11.3 Å². The largest absolute Gasteiger partial charge is 0.504 e. The van der Waals surface area contributed by atoms with E-state index in [1.54, 1.807) is 18.2 Å². The van der Waals surface area contributed by atoms with Crippen LogP contribution in [0.15, 0.2) is 59.7 Å². The zero-order chi connectivity index (χ0) is 17.6. The Morgan fingerprint density at radius 2 is 1.88 bits per heavy atom. The van der Waals surface area contributed by atoms with Crippen molar-refractivity contribution in [2.75, 3.05) is 12.5 Å². The van der Waals surface area contributed by atoms with Crippen LogP contribution >= 0.6 is 0 Å². The highest BCUT2D eigenvalue weighted by Crippen LogP contribution is 2.28. The highest BCUT2D eigenvalue weighted by atomic mass is 16.5. The van der Waals surface area contributed by atoms with E-state index in [0.717, 1.165) is 11.3 Å². The van der Waals surface area contributed by atoms with Crippen LogP contribution in [0, 0.1) is 6.92 Å². The van der Waals surface area contributed by atoms with Gasteiger partial charge in [-0.25, -0.2) is 9.97 Å². The topological polar surface area (TPSA) is 79.6 Å². The number of phenols is 1. The first-order valence-electron chi connectivity index (χ1n) is 7.73. The quantitative estimate of drug-likeness (QED) is 0.550. The Kier molecular flexibility index (Phi) is 4.89. The van der Waals surface area contributed by atoms with Crippen molar-refractivity contribution in [3.05, 3.63) is 66.0 Å². The normalized spacial score (nSPS) is 10.8. The van der Waals surface area contributed by atoms with Gasteiger partial charge in [0.1, 0.15) is 11.6 Å². The molecule has 0 unspecified atom stereocenters. The fourth-order valence-corrected chi connectivity index (χ4v) is 2.36. The van der Waals surface area contributed by atoms with Crippen molar-refractivity contribution in [1.82, 2.24) is 9.97 Å². The summed E-state index contributed by atoms with van der Waals surface area (Å²) in [5.41, 5.74) is 5.24. The van der Waals surface area contributed by atoms with Crippen molar-refractivity contribution < 1.29 is 9.84 Å². The molecule has 0 aliphatic heterocycles. The predicted octanol–water partition coefficient (Wildman–Crippen LogP) is 3.61. The molecule has 126 valence electrons. The molecule has 0 bridgehead atoms. The number of benzene rings is 2. The van der Waals surface area contributed by atoms with E-state index in [2.05, 4.69) is 20.5 Å². The first-order chi connectivity index (χ1) is 12.2. The molecule has 0 saturated carbocycles. The second-order valence-corrected chi connectivity index (χ2v) is 5.32. The molecule has 0 fully saturated rings. The molecule has 2 aromatic carbocycles. The highest BCUT2D eigenvalue weighted by molar-refractivity contribution is 5.85. The van der Waals surface area contributed by atoms with E-state index in [-0.39, 0.29) is 5.75 Å². The minimum Gasteiger partial charge on any atom is -0.504 e. The predicted molar refractivity (Wildman–Crippen MR) is 98.1 cm³/mol. The molecular formula is C19H18N4O2. The minimum absolute atomic E-state index is 0.0411. The van der Waals surface area contributed by atoms with Crippen LogP contribution in [0.5, 0.6) is 11.5 Å². The molecular weight excluding hydrogens is 316 g/mol. The Bertz CT molecular complexity index is 895. The number of rotatable bonds is 5. The third-order valence-electron chi connectivity index (χ3n) is 3.54. The maximum atomic E-state index is 10.1. The number of methoxy groups -OCH3 is 1. The number of nitrogens with zero attached hydrogens (tertiary/aromatic N) is 3. The lowest BCUT2D eigenvalue weighted by atomic mass is 10.1. The number of ether oxygens (including phenoxy) is 1. The SMILES string of the molecule is COc1cccc(C=NNc2cc(-c3ccccc3)nc(C)n2)c1O. The van der Waals surface area contributed by atoms with Crippen LogP contribution in [0.3, 0.4) is 0 Å². The van der Waals surface area contributed by atoms with Gasteiger partial charge >= 0.3 is 0 Å². The van der Waals surface area contributed by atoms with Gasteiger partial charge in [-0.15, -0.1) is 0 Å². The maximum absolute atomic E-state index is 10.1. The lowest BCUT2D eigenvalue weighted by molar-refractivity contribution is 0.373. The Morgan fingerprint density at radius 1 is 1.08 bits per heavy atom. The number of para-hydroxylation sites is 1. The summed E-state index contributed by atoms with van der Waals surface area (Å²) in [5.74, 6) is 1.65. The Labute approximate surface area is 145 Å². The Hall–Kier alpha value is -3.41. The molecule has 0 spiro atoms. The summed E-state index contributed by atoms with van der Waals surface area (Å²) >= 11 is 0. The minimum atomic E-state index is 0.0411. The third-order valence-corrected chi connectivity index (χ3v) is 3.54. The molecule has 6 heteroatoms. The summed E-state index contributed by atoms with van der Waals surface area (Å²) in [6.45, 7) is 1.83. The van der Waals surface area contributed by atoms with Crippen molar-refractivity contribution in [2.45, 2.75) is 6.92 Å². The smallest absolute Gasteiger partial charge is 0.166 e. The summed E-state index contributed by atoms with van der Waals surface area (Å²) in [7, 11) is 1.50. The molecule has 6 nitrogen and oxygen atoms in total. The van der Waals surface area contributed by atoms with Gasteiger partial charge in [0.25, 0.3) is 0 Å². The first-order valence-corrected chi connectivity index (χ1v) is 7.73. The molecule has 0 radical (unpaired) electrons. The van der Waals surface area contributed by atoms with E-state index in [9.17, 15) is 5.11 Å². The number of hydrogen-bond donors (Lipinski definition) is 2. The van der Waals surface area contributed by atoms with Crippen molar-refractivity contribution in [3.8, 4) is 22.8 Å². The van der Waals surface area contributed by atoms with Gasteiger partial charge in [-0.3, -0.25) is 5.43 Å². The number of nitrogens with one attached hydrogen (secondary N) is 1. The van der Waals surface area contributed by atoms with Crippen LogP contribution in [-0.2, 0) is 0 Å². The van der Waals surface area contributed by atoms with Gasteiger partial charge in [0.15, 0.2) is 11.5 Å². The summed E-state index contributed by atoms with van der Waals surface area (Å²) in [5, 5.41) is 14.2. The molecule has 1 heterocycles. The zero-order valence-electron chi connectivity index (χ0n) is 14.0. The molecule has 3 rings (SSSR count). The van der Waals surface area contributed by atoms with Gasteiger partial charge in [-0.2, -0.15) is 5.10 Å². The lowest BCUT2D eigenvalue weighted by Gasteiger charge is -2.06. The number of hydrazone groups is 1. The monoisotopic (exact) mass is 334 g/mol. The molecule has 0 aliphatic rings. The number of aromatic hydroxyl groups is 1. The summed E-state index contributed by atoms with van der Waals surface area (Å²) in [6, 6.07) is 16.9. The van der Waals surface area contributed by atoms with E-state index in [0.29, 0.717) is 23.0 Å². The third kappa shape index (κ3) is 3.92. The van der Waals surface area contributed by atoms with E-state index in [1.807, 2.05) is 43.3 Å². The maximum Gasteiger partial charge on any atom is 0.166 e. The number of anilines is 1. The molecule has 0 aliphatic carbocycles. The zero-order valence-corrected chi connectivity index (χ0v) is 14.0. The molecule has 0 atom stereocenters. The van der Waals surface area contributed by atoms with E-state index in [4.69, 9.17) is 4.74 Å². The Balaban J connectivity index is 1.81. The van der Waals surface area contributed by atoms with Crippen LogP contribution in [-0.4, -0.2) is 28.4 Å². The molecule has 1 aromatic heterocycles. The summed E-state index contributed by atoms with van der Waals surface area (Å²) in [4.78, 5) is 8.77. The van der Waals surface area contributed by atoms with Gasteiger partial charge in [-0.05, 0) is 19.1 Å². The molecule has 0 amide bonds. The van der Waals surface area contributed by atoms with Gasteiger partial charge in [0, 0.05) is 17.2 Å². The lowest BCUT2D eigenvalue weighted by Crippen LogP contribution is -1.99. The standard InChI is InChI=1S/C19H18N4O2/c1-13-21-16(14-7-4-3-5-8-14)11-18(22-13)23-20-12-15-9-6-10-17(25-2)19(15)24/h3-12,24H,1-2H3,(H,21,22,23). The van der Waals surface area contributed by atoms with Gasteiger partial charge < -0.3 is 9.84 Å². The summed E-state index contributed by atoms with van der Waals surface area (Å²) < 4.78 is 5.08. The number of phenolic OH excluding ortho intramolecular Hbond substituents is 1. The molecule has 0 saturated heterocycles. The second kappa shape index (κ2) is 7.44. The molecule has 25 heavy (non-hydrogen) atoms. The Morgan fingerprint density at radius 3 is 2.64 bits per heavy atom. The number of aryl methyl sites for hydroxylation is 1. The fraction of sp³-hybridized carbons (Fsp3) is 0.105. The second-order valence-electron chi connectivity index (χ2n) is 5.32. The number of aromatic nitrogens is 2. The molecule has 2 N–H and O–H groups in total. The van der Waals surface area contributed by atoms with Crippen LogP contribution < -0.4 is 10.2 Å². The highest BCUT2D eigenvalue weighted by Gasteiger charge is 2.06. The summed E-state index contributed by atoms with van der Waals surface area (Å²) in [6.07, 6.45) is 1.51. The van der Waals surface area contributed by atoms with E-state index < -0.39 is 0 Å².